The lowest BCUT2D eigenvalue weighted by molar-refractivity contribution is -0.136. The summed E-state index contributed by atoms with van der Waals surface area (Å²) in [5.74, 6) is -0.702. The Morgan fingerprint density at radius 2 is 1.83 bits per heavy atom. The lowest BCUT2D eigenvalue weighted by Crippen LogP contribution is -2.52. The van der Waals surface area contributed by atoms with Gasteiger partial charge in [0.15, 0.2) is 0 Å². The van der Waals surface area contributed by atoms with Crippen molar-refractivity contribution in [3.8, 4) is 0 Å². The van der Waals surface area contributed by atoms with E-state index in [2.05, 4.69) is 27.7 Å². The van der Waals surface area contributed by atoms with Crippen LogP contribution in [0.1, 0.15) is 53.6 Å². The molecular weight excluding hydrogens is 380 g/mol. The zero-order chi connectivity index (χ0) is 20.5. The van der Waals surface area contributed by atoms with Gasteiger partial charge in [-0.25, -0.2) is 0 Å². The van der Waals surface area contributed by atoms with Gasteiger partial charge >= 0.3 is 0 Å². The molecule has 0 aromatic heterocycles. The summed E-state index contributed by atoms with van der Waals surface area (Å²) in [6.45, 7) is 6.01. The quantitative estimate of drug-likeness (QED) is 0.730. The minimum Gasteiger partial charge on any atom is -0.322 e. The van der Waals surface area contributed by atoms with Crippen LogP contribution in [0.4, 0.5) is 0 Å². The van der Waals surface area contributed by atoms with Crippen molar-refractivity contribution in [1.29, 1.82) is 0 Å². The van der Waals surface area contributed by atoms with Gasteiger partial charge in [0.2, 0.25) is 11.8 Å². The molecular formula is C23H28N4O3. The average molecular weight is 409 g/mol. The van der Waals surface area contributed by atoms with Crippen LogP contribution in [-0.4, -0.2) is 59.7 Å². The molecule has 1 aromatic carbocycles. The predicted molar refractivity (Wildman–Crippen MR) is 109 cm³/mol. The van der Waals surface area contributed by atoms with Gasteiger partial charge in [-0.3, -0.25) is 24.6 Å². The number of benzene rings is 1. The minimum atomic E-state index is -0.547. The zero-order valence-electron chi connectivity index (χ0n) is 17.2. The highest BCUT2D eigenvalue weighted by Gasteiger charge is 2.62. The van der Waals surface area contributed by atoms with Gasteiger partial charge in [-0.2, -0.15) is 0 Å². The van der Waals surface area contributed by atoms with Crippen molar-refractivity contribution in [2.75, 3.05) is 26.2 Å². The number of hydrogen-bond donors (Lipinski definition) is 2. The first-order valence-electron chi connectivity index (χ1n) is 11.2. The maximum atomic E-state index is 12.9. The molecule has 0 radical (unpaired) electrons. The summed E-state index contributed by atoms with van der Waals surface area (Å²) in [5.41, 5.74) is 3.86. The number of imide groups is 1. The van der Waals surface area contributed by atoms with Gasteiger partial charge in [0.25, 0.3) is 5.91 Å². The summed E-state index contributed by atoms with van der Waals surface area (Å²) in [5, 5.41) is 6.02. The number of nitrogens with one attached hydrogen (secondary N) is 2. The lowest BCUT2D eigenvalue weighted by atomic mass is 9.71. The van der Waals surface area contributed by atoms with Crippen molar-refractivity contribution in [2.45, 2.75) is 51.2 Å². The van der Waals surface area contributed by atoms with Crippen molar-refractivity contribution in [3.05, 3.63) is 34.9 Å². The predicted octanol–water partition coefficient (Wildman–Crippen LogP) is 1.02. The van der Waals surface area contributed by atoms with Gasteiger partial charge in [-0.05, 0) is 36.5 Å². The number of rotatable bonds is 3. The van der Waals surface area contributed by atoms with Crippen molar-refractivity contribution < 1.29 is 14.4 Å². The minimum absolute atomic E-state index is 0.0971. The molecule has 1 aromatic rings. The first-order valence-corrected chi connectivity index (χ1v) is 11.2. The molecule has 3 amide bonds. The van der Waals surface area contributed by atoms with E-state index < -0.39 is 6.04 Å². The van der Waals surface area contributed by atoms with Crippen LogP contribution < -0.4 is 10.6 Å². The summed E-state index contributed by atoms with van der Waals surface area (Å²) >= 11 is 0. The Kier molecular flexibility index (Phi) is 3.93. The summed E-state index contributed by atoms with van der Waals surface area (Å²) in [4.78, 5) is 40.8. The van der Waals surface area contributed by atoms with E-state index in [1.165, 1.54) is 37.9 Å². The van der Waals surface area contributed by atoms with E-state index >= 15 is 0 Å². The molecule has 158 valence electrons. The fourth-order valence-electron chi connectivity index (χ4n) is 7.00. The number of piperidine rings is 1. The van der Waals surface area contributed by atoms with E-state index in [-0.39, 0.29) is 24.1 Å². The summed E-state index contributed by atoms with van der Waals surface area (Å²) in [7, 11) is 0. The van der Waals surface area contributed by atoms with Crippen molar-refractivity contribution in [2.24, 2.45) is 10.8 Å². The van der Waals surface area contributed by atoms with Gasteiger partial charge in [0.1, 0.15) is 6.04 Å². The maximum Gasteiger partial charge on any atom is 0.255 e. The molecule has 4 aliphatic heterocycles. The molecule has 6 rings (SSSR count). The second kappa shape index (κ2) is 6.37. The molecule has 0 bridgehead atoms. The molecule has 4 heterocycles. The Labute approximate surface area is 176 Å². The molecule has 7 heteroatoms. The Morgan fingerprint density at radius 3 is 2.57 bits per heavy atom. The topological polar surface area (TPSA) is 81.8 Å². The highest BCUT2D eigenvalue weighted by atomic mass is 16.2. The molecule has 0 spiro atoms. The van der Waals surface area contributed by atoms with Crippen LogP contribution in [0.2, 0.25) is 0 Å². The van der Waals surface area contributed by atoms with E-state index in [1.54, 1.807) is 4.90 Å². The Hall–Kier alpha value is -2.25. The number of carbonyl (C=O) groups excluding carboxylic acids is 3. The van der Waals surface area contributed by atoms with Crippen LogP contribution >= 0.6 is 0 Å². The van der Waals surface area contributed by atoms with Crippen LogP contribution in [0, 0.1) is 10.8 Å². The molecule has 30 heavy (non-hydrogen) atoms. The number of fused-ring (bicyclic) bond motifs is 1. The van der Waals surface area contributed by atoms with E-state index in [1.807, 2.05) is 6.07 Å². The molecule has 5 aliphatic rings. The molecule has 1 saturated carbocycles. The number of amides is 3. The van der Waals surface area contributed by atoms with Crippen molar-refractivity contribution in [3.63, 3.8) is 0 Å². The fourth-order valence-corrected chi connectivity index (χ4v) is 7.00. The first-order chi connectivity index (χ1) is 14.5. The van der Waals surface area contributed by atoms with E-state index in [9.17, 15) is 14.4 Å². The smallest absolute Gasteiger partial charge is 0.255 e. The molecule has 7 nitrogen and oxygen atoms in total. The molecule has 1 aliphatic carbocycles. The van der Waals surface area contributed by atoms with E-state index in [0.29, 0.717) is 29.4 Å². The van der Waals surface area contributed by atoms with Crippen LogP contribution in [0.5, 0.6) is 0 Å². The third-order valence-electron chi connectivity index (χ3n) is 8.41. The second-order valence-corrected chi connectivity index (χ2v) is 10.1. The molecule has 2 N–H and O–H groups in total. The van der Waals surface area contributed by atoms with Crippen molar-refractivity contribution >= 4 is 17.7 Å². The van der Waals surface area contributed by atoms with E-state index in [4.69, 9.17) is 0 Å². The van der Waals surface area contributed by atoms with Gasteiger partial charge < -0.3 is 10.2 Å². The monoisotopic (exact) mass is 408 g/mol. The normalized spacial score (nSPS) is 35.5. The van der Waals surface area contributed by atoms with Gasteiger partial charge in [-0.15, -0.1) is 0 Å². The summed E-state index contributed by atoms with van der Waals surface area (Å²) in [6.07, 6.45) is 4.75. The first kappa shape index (κ1) is 18.5. The standard InChI is InChI=1S/C23H28N4O3/c28-19-5-4-18(20(29)25-19)27-10-16-8-15(2-3-17(16)21(27)30)9-26-13-22-6-1-7-23(22,14-26)12-24-11-22/h2-3,8,18,24H,1,4-7,9-14H2,(H,25,28,29). The number of hydrogen-bond acceptors (Lipinski definition) is 5. The maximum absolute atomic E-state index is 12.9. The third kappa shape index (κ3) is 2.54. The van der Waals surface area contributed by atoms with Crippen LogP contribution in [0.15, 0.2) is 18.2 Å². The average Bonchev–Trinajstić information content (AvgIpc) is 3.36. The highest BCUT2D eigenvalue weighted by Crippen LogP contribution is 2.59. The van der Waals surface area contributed by atoms with Gasteiger partial charge in [0, 0.05) is 62.1 Å². The van der Waals surface area contributed by atoms with Crippen LogP contribution in [0.25, 0.3) is 0 Å². The third-order valence-corrected chi connectivity index (χ3v) is 8.41. The number of nitrogens with zero attached hydrogens (tertiary/aromatic N) is 2. The molecule has 3 saturated heterocycles. The van der Waals surface area contributed by atoms with Crippen molar-refractivity contribution in [1.82, 2.24) is 20.4 Å². The molecule has 3 atom stereocenters. The Morgan fingerprint density at radius 1 is 1.07 bits per heavy atom. The van der Waals surface area contributed by atoms with E-state index in [0.717, 1.165) is 25.2 Å². The summed E-state index contributed by atoms with van der Waals surface area (Å²) in [6, 6.07) is 5.60. The van der Waals surface area contributed by atoms with Gasteiger partial charge in [0.05, 0.1) is 0 Å². The number of likely N-dealkylation sites (tertiary alicyclic amines) is 1. The fraction of sp³-hybridized carbons (Fsp3) is 0.609. The van der Waals surface area contributed by atoms with Crippen LogP contribution in [-0.2, 0) is 22.7 Å². The highest BCUT2D eigenvalue weighted by molar-refractivity contribution is 6.05. The second-order valence-electron chi connectivity index (χ2n) is 10.1. The van der Waals surface area contributed by atoms with Gasteiger partial charge in [-0.1, -0.05) is 18.6 Å². The molecule has 4 fully saturated rings. The Balaban J connectivity index is 1.18. The molecule has 3 unspecified atom stereocenters. The summed E-state index contributed by atoms with van der Waals surface area (Å²) < 4.78 is 0. The largest absolute Gasteiger partial charge is 0.322 e. The lowest BCUT2D eigenvalue weighted by Gasteiger charge is -2.30. The van der Waals surface area contributed by atoms with Crippen LogP contribution in [0.3, 0.4) is 0 Å². The SMILES string of the molecule is O=C1CCC(N2Cc3cc(CN4CC56CCCC5(CNC6)C4)ccc3C2=O)C(=O)N1. The number of carbonyl (C=O) groups is 3. The zero-order valence-corrected chi connectivity index (χ0v) is 17.2. The Bertz CT molecular complexity index is 928.